The first-order chi connectivity index (χ1) is 8.75. The van der Waals surface area contributed by atoms with Crippen LogP contribution in [0.25, 0.3) is 0 Å². The highest BCUT2D eigenvalue weighted by Gasteiger charge is 2.24. The lowest BCUT2D eigenvalue weighted by atomic mass is 10.2. The highest BCUT2D eigenvalue weighted by atomic mass is 16.7. The molecule has 1 saturated heterocycles. The number of benzene rings is 1. The molecule has 1 amide bonds. The molecule has 1 N–H and O–H groups in total. The standard InChI is InChI=1S/C13H17NO4/c1-10(12-16-7-8-17-12)14-13(15)18-9-11-5-3-2-4-6-11/h2-6,10,12H,7-9H2,1H3,(H,14,15). The molecule has 1 heterocycles. The van der Waals surface area contributed by atoms with Gasteiger partial charge in [0.25, 0.3) is 0 Å². The molecular weight excluding hydrogens is 234 g/mol. The van der Waals surface area contributed by atoms with Crippen molar-refractivity contribution in [2.24, 2.45) is 0 Å². The summed E-state index contributed by atoms with van der Waals surface area (Å²) in [6.45, 7) is 3.21. The van der Waals surface area contributed by atoms with E-state index in [1.54, 1.807) is 0 Å². The topological polar surface area (TPSA) is 56.8 Å². The molecule has 1 aromatic carbocycles. The Balaban J connectivity index is 1.71. The van der Waals surface area contributed by atoms with Gasteiger partial charge in [0, 0.05) is 0 Å². The minimum absolute atomic E-state index is 0.226. The van der Waals surface area contributed by atoms with E-state index in [1.807, 2.05) is 37.3 Å². The molecule has 5 heteroatoms. The third-order valence-electron chi connectivity index (χ3n) is 2.61. The molecule has 1 aliphatic heterocycles. The van der Waals surface area contributed by atoms with Crippen LogP contribution in [0.4, 0.5) is 4.79 Å². The first-order valence-electron chi connectivity index (χ1n) is 5.96. The van der Waals surface area contributed by atoms with Crippen molar-refractivity contribution in [2.75, 3.05) is 13.2 Å². The number of alkyl carbamates (subject to hydrolysis) is 1. The third kappa shape index (κ3) is 3.72. The molecule has 18 heavy (non-hydrogen) atoms. The summed E-state index contributed by atoms with van der Waals surface area (Å²) in [5.74, 6) is 0. The lowest BCUT2D eigenvalue weighted by molar-refractivity contribution is -0.0623. The molecule has 0 spiro atoms. The van der Waals surface area contributed by atoms with E-state index in [1.165, 1.54) is 0 Å². The Morgan fingerprint density at radius 2 is 2.06 bits per heavy atom. The second-order valence-corrected chi connectivity index (χ2v) is 4.10. The van der Waals surface area contributed by atoms with E-state index in [9.17, 15) is 4.79 Å². The quantitative estimate of drug-likeness (QED) is 0.884. The third-order valence-corrected chi connectivity index (χ3v) is 2.61. The molecule has 1 unspecified atom stereocenters. The van der Waals surface area contributed by atoms with Crippen LogP contribution in [0.3, 0.4) is 0 Å². The van der Waals surface area contributed by atoms with Crippen molar-refractivity contribution >= 4 is 6.09 Å². The summed E-state index contributed by atoms with van der Waals surface area (Å²) < 4.78 is 15.7. The van der Waals surface area contributed by atoms with Gasteiger partial charge in [-0.2, -0.15) is 0 Å². The zero-order chi connectivity index (χ0) is 12.8. The second-order valence-electron chi connectivity index (χ2n) is 4.10. The number of amides is 1. The largest absolute Gasteiger partial charge is 0.445 e. The Morgan fingerprint density at radius 1 is 1.39 bits per heavy atom. The number of ether oxygens (including phenoxy) is 3. The van der Waals surface area contributed by atoms with E-state index in [0.717, 1.165) is 5.56 Å². The van der Waals surface area contributed by atoms with Crippen LogP contribution in [0.15, 0.2) is 30.3 Å². The number of carbonyl (C=O) groups is 1. The van der Waals surface area contributed by atoms with E-state index >= 15 is 0 Å². The zero-order valence-corrected chi connectivity index (χ0v) is 10.3. The van der Waals surface area contributed by atoms with Crippen LogP contribution in [-0.4, -0.2) is 31.6 Å². The van der Waals surface area contributed by atoms with Crippen LogP contribution in [-0.2, 0) is 20.8 Å². The van der Waals surface area contributed by atoms with E-state index in [2.05, 4.69) is 5.32 Å². The van der Waals surface area contributed by atoms with Gasteiger partial charge in [-0.3, -0.25) is 0 Å². The lowest BCUT2D eigenvalue weighted by Gasteiger charge is -2.18. The number of carbonyl (C=O) groups excluding carboxylic acids is 1. The van der Waals surface area contributed by atoms with Crippen molar-refractivity contribution < 1.29 is 19.0 Å². The normalized spacial score (nSPS) is 17.4. The van der Waals surface area contributed by atoms with Crippen molar-refractivity contribution in [2.45, 2.75) is 25.9 Å². The maximum Gasteiger partial charge on any atom is 0.407 e. The molecule has 0 saturated carbocycles. The van der Waals surface area contributed by atoms with Gasteiger partial charge in [0.1, 0.15) is 6.61 Å². The fourth-order valence-corrected chi connectivity index (χ4v) is 1.68. The van der Waals surface area contributed by atoms with Crippen LogP contribution in [0.1, 0.15) is 12.5 Å². The molecule has 0 aliphatic carbocycles. The summed E-state index contributed by atoms with van der Waals surface area (Å²) in [5.41, 5.74) is 0.952. The summed E-state index contributed by atoms with van der Waals surface area (Å²) >= 11 is 0. The molecule has 1 aliphatic rings. The van der Waals surface area contributed by atoms with Crippen LogP contribution in [0, 0.1) is 0 Å². The first kappa shape index (κ1) is 12.9. The smallest absolute Gasteiger partial charge is 0.407 e. The Labute approximate surface area is 106 Å². The molecule has 1 aromatic rings. The Kier molecular flexibility index (Phi) is 4.55. The predicted molar refractivity (Wildman–Crippen MR) is 64.9 cm³/mol. The van der Waals surface area contributed by atoms with Crippen molar-refractivity contribution in [1.82, 2.24) is 5.32 Å². The number of hydrogen-bond acceptors (Lipinski definition) is 4. The number of hydrogen-bond donors (Lipinski definition) is 1. The average molecular weight is 251 g/mol. The van der Waals surface area contributed by atoms with Crippen LogP contribution in [0.5, 0.6) is 0 Å². The maximum atomic E-state index is 11.5. The fraction of sp³-hybridized carbons (Fsp3) is 0.462. The Hall–Kier alpha value is -1.59. The van der Waals surface area contributed by atoms with Crippen LogP contribution >= 0.6 is 0 Å². The molecule has 2 rings (SSSR count). The minimum atomic E-state index is -0.467. The summed E-state index contributed by atoms with van der Waals surface area (Å²) in [6.07, 6.45) is -0.847. The van der Waals surface area contributed by atoms with Gasteiger partial charge < -0.3 is 19.5 Å². The van der Waals surface area contributed by atoms with Gasteiger partial charge in [0.15, 0.2) is 6.29 Å². The minimum Gasteiger partial charge on any atom is -0.445 e. The molecule has 98 valence electrons. The first-order valence-corrected chi connectivity index (χ1v) is 5.96. The lowest BCUT2D eigenvalue weighted by Crippen LogP contribution is -2.41. The molecule has 0 bridgehead atoms. The maximum absolute atomic E-state index is 11.5. The molecule has 1 atom stereocenters. The van der Waals surface area contributed by atoms with Crippen LogP contribution in [0.2, 0.25) is 0 Å². The van der Waals surface area contributed by atoms with Crippen molar-refractivity contribution in [1.29, 1.82) is 0 Å². The SMILES string of the molecule is CC(NC(=O)OCc1ccccc1)C1OCCO1. The molecule has 1 fully saturated rings. The van der Waals surface area contributed by atoms with Gasteiger partial charge in [-0.05, 0) is 12.5 Å². The van der Waals surface area contributed by atoms with Gasteiger partial charge in [-0.25, -0.2) is 4.79 Å². The highest BCUT2D eigenvalue weighted by Crippen LogP contribution is 2.08. The van der Waals surface area contributed by atoms with Crippen molar-refractivity contribution in [3.8, 4) is 0 Å². The van der Waals surface area contributed by atoms with E-state index < -0.39 is 6.09 Å². The Bertz CT molecular complexity index is 376. The number of rotatable bonds is 4. The van der Waals surface area contributed by atoms with Gasteiger partial charge in [0.2, 0.25) is 0 Å². The van der Waals surface area contributed by atoms with Crippen LogP contribution < -0.4 is 5.32 Å². The molecular formula is C13H17NO4. The summed E-state index contributed by atoms with van der Waals surface area (Å²) in [4.78, 5) is 11.5. The van der Waals surface area contributed by atoms with E-state index in [-0.39, 0.29) is 18.9 Å². The summed E-state index contributed by atoms with van der Waals surface area (Å²) in [5, 5.41) is 2.68. The van der Waals surface area contributed by atoms with Crippen molar-refractivity contribution in [3.05, 3.63) is 35.9 Å². The van der Waals surface area contributed by atoms with Gasteiger partial charge in [-0.1, -0.05) is 30.3 Å². The highest BCUT2D eigenvalue weighted by molar-refractivity contribution is 5.67. The molecule has 0 aromatic heterocycles. The molecule has 5 nitrogen and oxygen atoms in total. The predicted octanol–water partition coefficient (Wildman–Crippen LogP) is 1.67. The van der Waals surface area contributed by atoms with Gasteiger partial charge >= 0.3 is 6.09 Å². The number of nitrogens with one attached hydrogen (secondary N) is 1. The molecule has 0 radical (unpaired) electrons. The summed E-state index contributed by atoms with van der Waals surface area (Å²) in [6, 6.07) is 9.30. The van der Waals surface area contributed by atoms with E-state index in [4.69, 9.17) is 14.2 Å². The monoisotopic (exact) mass is 251 g/mol. The van der Waals surface area contributed by atoms with E-state index in [0.29, 0.717) is 13.2 Å². The van der Waals surface area contributed by atoms with Crippen molar-refractivity contribution in [3.63, 3.8) is 0 Å². The van der Waals surface area contributed by atoms with Gasteiger partial charge in [-0.15, -0.1) is 0 Å². The fourth-order valence-electron chi connectivity index (χ4n) is 1.68. The van der Waals surface area contributed by atoms with Gasteiger partial charge in [0.05, 0.1) is 19.3 Å². The Morgan fingerprint density at radius 3 is 2.72 bits per heavy atom. The summed E-state index contributed by atoms with van der Waals surface area (Å²) in [7, 11) is 0. The second kappa shape index (κ2) is 6.37. The zero-order valence-electron chi connectivity index (χ0n) is 10.3. The average Bonchev–Trinajstić information content (AvgIpc) is 2.91.